The van der Waals surface area contributed by atoms with Gasteiger partial charge in [-0.15, -0.1) is 5.10 Å². The smallest absolute Gasteiger partial charge is 0.325 e. The van der Waals surface area contributed by atoms with Gasteiger partial charge < -0.3 is 4.74 Å². The largest absolute Gasteiger partial charge is 0.468 e. The lowest BCUT2D eigenvalue weighted by Crippen LogP contribution is -2.48. The fourth-order valence-corrected chi connectivity index (χ4v) is 5.52. The highest BCUT2D eigenvalue weighted by Gasteiger charge is 2.40. The molecule has 34 heavy (non-hydrogen) atoms. The molecule has 1 saturated heterocycles. The highest BCUT2D eigenvalue weighted by Crippen LogP contribution is 2.20. The van der Waals surface area contributed by atoms with Crippen LogP contribution in [-0.4, -0.2) is 70.6 Å². The van der Waals surface area contributed by atoms with Crippen LogP contribution in [0.3, 0.4) is 0 Å². The van der Waals surface area contributed by atoms with Crippen LogP contribution in [-0.2, 0) is 39.2 Å². The van der Waals surface area contributed by atoms with Crippen LogP contribution in [0.1, 0.15) is 16.8 Å². The van der Waals surface area contributed by atoms with Gasteiger partial charge in [0.05, 0.1) is 37.8 Å². The van der Waals surface area contributed by atoms with Crippen molar-refractivity contribution in [3.8, 4) is 0 Å². The lowest BCUT2D eigenvalue weighted by Gasteiger charge is -2.28. The molecule has 1 fully saturated rings. The van der Waals surface area contributed by atoms with Crippen LogP contribution < -0.4 is 0 Å². The van der Waals surface area contributed by atoms with E-state index in [0.29, 0.717) is 18.8 Å². The molecule has 180 valence electrons. The number of carbonyl (C=O) groups excluding carboxylic acids is 1. The summed E-state index contributed by atoms with van der Waals surface area (Å²) < 4.78 is 47.3. The first-order valence-electron chi connectivity index (χ1n) is 10.8. The van der Waals surface area contributed by atoms with Crippen molar-refractivity contribution in [2.45, 2.75) is 25.7 Å². The topological polar surface area (TPSA) is 97.6 Å². The SMILES string of the molecule is COC(=O)C1CN(Cc2ccc(F)cc2)CCS(=O)(=O)N1Cc1cn(Cc2ccccc2)nn1. The van der Waals surface area contributed by atoms with Crippen molar-refractivity contribution in [3.63, 3.8) is 0 Å². The fourth-order valence-electron chi connectivity index (χ4n) is 3.93. The Balaban J connectivity index is 1.53. The first-order valence-corrected chi connectivity index (χ1v) is 12.4. The van der Waals surface area contributed by atoms with Gasteiger partial charge in [-0.05, 0) is 23.3 Å². The second-order valence-corrected chi connectivity index (χ2v) is 10.2. The second-order valence-electron chi connectivity index (χ2n) is 8.15. The summed E-state index contributed by atoms with van der Waals surface area (Å²) in [5.74, 6) is -1.16. The average Bonchev–Trinajstić information content (AvgIpc) is 3.23. The van der Waals surface area contributed by atoms with E-state index in [2.05, 4.69) is 10.3 Å². The van der Waals surface area contributed by atoms with E-state index in [1.165, 1.54) is 19.2 Å². The number of nitrogens with zero attached hydrogens (tertiary/aromatic N) is 5. The van der Waals surface area contributed by atoms with Crippen molar-refractivity contribution in [1.82, 2.24) is 24.2 Å². The van der Waals surface area contributed by atoms with Gasteiger partial charge in [-0.1, -0.05) is 47.7 Å². The van der Waals surface area contributed by atoms with Crippen LogP contribution >= 0.6 is 0 Å². The maximum Gasteiger partial charge on any atom is 0.325 e. The molecule has 0 N–H and O–H groups in total. The number of halogens is 1. The third-order valence-corrected chi connectivity index (χ3v) is 7.48. The van der Waals surface area contributed by atoms with E-state index >= 15 is 0 Å². The molecular formula is C23H26FN5O4S. The van der Waals surface area contributed by atoms with E-state index in [9.17, 15) is 17.6 Å². The lowest BCUT2D eigenvalue weighted by atomic mass is 10.2. The van der Waals surface area contributed by atoms with Crippen molar-refractivity contribution >= 4 is 16.0 Å². The standard InChI is InChI=1S/C23H26FN5O4S/c1-33-23(30)22-17-27(13-19-7-9-20(24)10-8-19)11-12-34(31,32)29(22)16-21-15-28(26-25-21)14-18-5-3-2-4-6-18/h2-10,15,22H,11-14,16-17H2,1H3. The van der Waals surface area contributed by atoms with Crippen LogP contribution in [0.4, 0.5) is 4.39 Å². The van der Waals surface area contributed by atoms with Gasteiger partial charge in [0.15, 0.2) is 0 Å². The highest BCUT2D eigenvalue weighted by molar-refractivity contribution is 7.89. The number of hydrogen-bond donors (Lipinski definition) is 0. The summed E-state index contributed by atoms with van der Waals surface area (Å²) in [6.07, 6.45) is 1.68. The van der Waals surface area contributed by atoms with Gasteiger partial charge in [0.1, 0.15) is 11.9 Å². The van der Waals surface area contributed by atoms with E-state index in [1.54, 1.807) is 23.0 Å². The molecule has 1 aromatic heterocycles. The Morgan fingerprint density at radius 3 is 2.47 bits per heavy atom. The average molecular weight is 488 g/mol. The quantitative estimate of drug-likeness (QED) is 0.468. The number of carbonyl (C=O) groups is 1. The van der Waals surface area contributed by atoms with Crippen LogP contribution in [0.15, 0.2) is 60.8 Å². The Morgan fingerprint density at radius 2 is 1.76 bits per heavy atom. The Morgan fingerprint density at radius 1 is 1.06 bits per heavy atom. The molecule has 1 unspecified atom stereocenters. The summed E-state index contributed by atoms with van der Waals surface area (Å²) in [5.41, 5.74) is 2.28. The van der Waals surface area contributed by atoms with Gasteiger partial charge >= 0.3 is 5.97 Å². The zero-order valence-electron chi connectivity index (χ0n) is 18.7. The molecular weight excluding hydrogens is 461 g/mol. The minimum atomic E-state index is -3.79. The van der Waals surface area contributed by atoms with E-state index < -0.39 is 22.0 Å². The van der Waals surface area contributed by atoms with E-state index in [4.69, 9.17) is 4.74 Å². The number of ether oxygens (including phenoxy) is 1. The maximum atomic E-state index is 13.3. The first kappa shape index (κ1) is 24.0. The third-order valence-electron chi connectivity index (χ3n) is 5.69. The predicted molar refractivity (Wildman–Crippen MR) is 122 cm³/mol. The predicted octanol–water partition coefficient (Wildman–Crippen LogP) is 1.65. The number of aromatic nitrogens is 3. The first-order chi connectivity index (χ1) is 16.3. The maximum absolute atomic E-state index is 13.3. The van der Waals surface area contributed by atoms with Crippen molar-refractivity contribution in [1.29, 1.82) is 0 Å². The molecule has 1 aliphatic heterocycles. The normalized spacial score (nSPS) is 18.9. The third kappa shape index (κ3) is 5.85. The summed E-state index contributed by atoms with van der Waals surface area (Å²) in [6, 6.07) is 14.7. The molecule has 2 heterocycles. The molecule has 0 bridgehead atoms. The molecule has 0 aliphatic carbocycles. The van der Waals surface area contributed by atoms with Crippen molar-refractivity contribution in [2.24, 2.45) is 0 Å². The Labute approximate surface area is 197 Å². The number of esters is 1. The minimum Gasteiger partial charge on any atom is -0.468 e. The molecule has 4 rings (SSSR count). The molecule has 2 aromatic carbocycles. The zero-order valence-corrected chi connectivity index (χ0v) is 19.6. The van der Waals surface area contributed by atoms with Gasteiger partial charge in [-0.25, -0.2) is 17.5 Å². The number of rotatable bonds is 7. The van der Waals surface area contributed by atoms with Gasteiger partial charge in [0, 0.05) is 19.6 Å². The van der Waals surface area contributed by atoms with E-state index in [0.717, 1.165) is 15.4 Å². The van der Waals surface area contributed by atoms with Gasteiger partial charge in [0.25, 0.3) is 0 Å². The van der Waals surface area contributed by atoms with Crippen LogP contribution in [0.5, 0.6) is 0 Å². The Hall–Kier alpha value is -3.15. The molecule has 9 nitrogen and oxygen atoms in total. The number of benzene rings is 2. The molecule has 0 spiro atoms. The van der Waals surface area contributed by atoms with E-state index in [-0.39, 0.29) is 31.2 Å². The number of sulfonamides is 1. The molecule has 11 heteroatoms. The summed E-state index contributed by atoms with van der Waals surface area (Å²) >= 11 is 0. The Kier molecular flexibility index (Phi) is 7.35. The van der Waals surface area contributed by atoms with Crippen LogP contribution in [0.2, 0.25) is 0 Å². The molecule has 0 saturated carbocycles. The molecule has 0 radical (unpaired) electrons. The van der Waals surface area contributed by atoms with Crippen molar-refractivity contribution in [2.75, 3.05) is 26.0 Å². The van der Waals surface area contributed by atoms with Gasteiger partial charge in [-0.2, -0.15) is 4.31 Å². The monoisotopic (exact) mass is 487 g/mol. The van der Waals surface area contributed by atoms with Crippen LogP contribution in [0.25, 0.3) is 0 Å². The fraction of sp³-hybridized carbons (Fsp3) is 0.348. The summed E-state index contributed by atoms with van der Waals surface area (Å²) in [7, 11) is -2.56. The molecule has 3 aromatic rings. The highest BCUT2D eigenvalue weighted by atomic mass is 32.2. The number of hydrogen-bond acceptors (Lipinski definition) is 7. The van der Waals surface area contributed by atoms with Crippen molar-refractivity contribution in [3.05, 3.63) is 83.4 Å². The molecule has 1 aliphatic rings. The second kappa shape index (κ2) is 10.4. The summed E-state index contributed by atoms with van der Waals surface area (Å²) in [5, 5.41) is 8.23. The summed E-state index contributed by atoms with van der Waals surface area (Å²) in [4.78, 5) is 14.5. The molecule has 1 atom stereocenters. The van der Waals surface area contributed by atoms with Crippen LogP contribution in [0, 0.1) is 5.82 Å². The summed E-state index contributed by atoms with van der Waals surface area (Å²) in [6.45, 7) is 1.14. The Bertz CT molecular complexity index is 1220. The molecule has 0 amide bonds. The van der Waals surface area contributed by atoms with Gasteiger partial charge in [-0.3, -0.25) is 9.69 Å². The zero-order chi connectivity index (χ0) is 24.1. The number of methoxy groups -OCH3 is 1. The lowest BCUT2D eigenvalue weighted by molar-refractivity contribution is -0.145. The minimum absolute atomic E-state index is 0.0960. The van der Waals surface area contributed by atoms with Gasteiger partial charge in [0.2, 0.25) is 10.0 Å². The van der Waals surface area contributed by atoms with Crippen molar-refractivity contribution < 1.29 is 22.3 Å². The van der Waals surface area contributed by atoms with E-state index in [1.807, 2.05) is 35.2 Å².